The number of carbonyl (C=O) groups excluding carboxylic acids is 2. The molecule has 4 rings (SSSR count). The van der Waals surface area contributed by atoms with Gasteiger partial charge in [-0.15, -0.1) is 0 Å². The maximum Gasteiger partial charge on any atom is 0.235 e. The molecule has 5 heteroatoms. The molecule has 1 aromatic rings. The predicted octanol–water partition coefficient (Wildman–Crippen LogP) is 6.41. The predicted molar refractivity (Wildman–Crippen MR) is 146 cm³/mol. The van der Waals surface area contributed by atoms with Gasteiger partial charge in [-0.1, -0.05) is 80.6 Å². The normalized spacial score (nSPS) is 28.3. The minimum absolute atomic E-state index is 0.0650. The summed E-state index contributed by atoms with van der Waals surface area (Å²) >= 11 is 0.892. The van der Waals surface area contributed by atoms with Crippen molar-refractivity contribution >= 4 is 28.9 Å². The van der Waals surface area contributed by atoms with E-state index in [-0.39, 0.29) is 5.41 Å². The molecule has 4 nitrogen and oxygen atoms in total. The molecule has 2 saturated carbocycles. The van der Waals surface area contributed by atoms with Crippen LogP contribution in [0.3, 0.4) is 0 Å². The topological polar surface area (TPSA) is 80.4 Å². The van der Waals surface area contributed by atoms with Crippen LogP contribution in [-0.2, 0) is 15.0 Å². The number of hydrogen-bond acceptors (Lipinski definition) is 4. The first-order valence-electron chi connectivity index (χ1n) is 12.5. The molecule has 0 saturated heterocycles. The number of rotatable bonds is 8. The van der Waals surface area contributed by atoms with Gasteiger partial charge in [-0.25, -0.2) is 0 Å². The van der Waals surface area contributed by atoms with Crippen molar-refractivity contribution in [1.29, 1.82) is 0 Å². The molecule has 1 amide bonds. The van der Waals surface area contributed by atoms with Gasteiger partial charge in [0.05, 0.1) is 0 Å². The van der Waals surface area contributed by atoms with Crippen LogP contribution < -0.4 is 5.73 Å². The standard InChI is InChI=1S/C30H35NO3S/c1-3-5-24(15-21-7-9-23(10-8-21)28(29(31)34)35-19-32)25-11-12-27(33)26(16-25)30-13-4-6-22(18-30)14-20(2)17-30/h3,5,7,9-12,15-16,19-20,22,28,33H,1,4,6,8,13-14,17-18H2,2H3,(H2,31,34)/b21-15-,24-5+. The van der Waals surface area contributed by atoms with Gasteiger partial charge >= 0.3 is 0 Å². The zero-order chi connectivity index (χ0) is 25.0. The number of hydrogen-bond donors (Lipinski definition) is 2. The molecule has 1 aromatic carbocycles. The zero-order valence-corrected chi connectivity index (χ0v) is 21.2. The van der Waals surface area contributed by atoms with Crippen LogP contribution in [0.1, 0.15) is 63.0 Å². The average Bonchev–Trinajstić information content (AvgIpc) is 2.82. The third-order valence-electron chi connectivity index (χ3n) is 7.78. The molecule has 4 unspecified atom stereocenters. The smallest absolute Gasteiger partial charge is 0.235 e. The summed E-state index contributed by atoms with van der Waals surface area (Å²) in [6, 6.07) is 6.02. The molecule has 4 atom stereocenters. The molecular formula is C30H35NO3S. The second-order valence-corrected chi connectivity index (χ2v) is 11.3. The lowest BCUT2D eigenvalue weighted by molar-refractivity contribution is -0.116. The van der Waals surface area contributed by atoms with Crippen molar-refractivity contribution in [2.24, 2.45) is 17.6 Å². The van der Waals surface area contributed by atoms with Crippen LogP contribution in [-0.4, -0.2) is 21.9 Å². The van der Waals surface area contributed by atoms with Gasteiger partial charge < -0.3 is 10.8 Å². The van der Waals surface area contributed by atoms with Crippen molar-refractivity contribution in [3.8, 4) is 5.75 Å². The molecule has 2 fully saturated rings. The number of allylic oxidation sites excluding steroid dienone is 8. The average molecular weight is 490 g/mol. The second-order valence-electron chi connectivity index (χ2n) is 10.4. The molecule has 184 valence electrons. The summed E-state index contributed by atoms with van der Waals surface area (Å²) in [5, 5.41) is 10.3. The highest BCUT2D eigenvalue weighted by Gasteiger charge is 2.44. The maximum atomic E-state index is 11.7. The van der Waals surface area contributed by atoms with Crippen LogP contribution in [0.2, 0.25) is 0 Å². The first kappa shape index (κ1) is 25.3. The number of thioether (sulfide) groups is 1. The first-order chi connectivity index (χ1) is 16.8. The summed E-state index contributed by atoms with van der Waals surface area (Å²) < 4.78 is 0. The molecule has 0 aliphatic heterocycles. The Hall–Kier alpha value is -2.79. The van der Waals surface area contributed by atoms with E-state index < -0.39 is 11.2 Å². The number of primary amides is 1. The van der Waals surface area contributed by atoms with E-state index in [1.165, 1.54) is 25.7 Å². The van der Waals surface area contributed by atoms with Gasteiger partial charge in [0.1, 0.15) is 11.0 Å². The number of phenolic OH excluding ortho intramolecular Hbond substituents is 1. The lowest BCUT2D eigenvalue weighted by Crippen LogP contribution is -2.39. The molecule has 35 heavy (non-hydrogen) atoms. The maximum absolute atomic E-state index is 11.7. The lowest BCUT2D eigenvalue weighted by Gasteiger charge is -2.48. The van der Waals surface area contributed by atoms with E-state index in [1.807, 2.05) is 36.4 Å². The number of nitrogens with two attached hydrogens (primary N) is 1. The van der Waals surface area contributed by atoms with E-state index in [0.29, 0.717) is 23.7 Å². The third-order valence-corrected chi connectivity index (χ3v) is 8.67. The van der Waals surface area contributed by atoms with Gasteiger partial charge in [0.2, 0.25) is 5.91 Å². The highest BCUT2D eigenvalue weighted by molar-refractivity contribution is 8.13. The number of carbonyl (C=O) groups is 2. The molecule has 2 bridgehead atoms. The van der Waals surface area contributed by atoms with Crippen molar-refractivity contribution in [3.05, 3.63) is 83.5 Å². The summed E-state index contributed by atoms with van der Waals surface area (Å²) in [6.07, 6.45) is 19.6. The van der Waals surface area contributed by atoms with Gasteiger partial charge in [-0.3, -0.25) is 9.59 Å². The van der Waals surface area contributed by atoms with Crippen LogP contribution >= 0.6 is 11.8 Å². The van der Waals surface area contributed by atoms with Gasteiger partial charge in [0, 0.05) is 5.56 Å². The Balaban J connectivity index is 1.63. The van der Waals surface area contributed by atoms with Crippen LogP contribution in [0.25, 0.3) is 5.57 Å². The van der Waals surface area contributed by atoms with Crippen LogP contribution in [0.15, 0.2) is 72.4 Å². The summed E-state index contributed by atoms with van der Waals surface area (Å²) in [5.41, 5.74) is 11.2. The first-order valence-corrected chi connectivity index (χ1v) is 13.4. The molecule has 0 radical (unpaired) electrons. The van der Waals surface area contributed by atoms with Gasteiger partial charge in [0.15, 0.2) is 5.62 Å². The SMILES string of the molecule is C=C/C=C(\C=C1\C=CC(C(SC=O)C(N)=O)=CC1)c1ccc(O)c(C23CCCC(CC(C)C2)C3)c1. The Kier molecular flexibility index (Phi) is 7.85. The fourth-order valence-electron chi connectivity index (χ4n) is 6.48. The highest BCUT2D eigenvalue weighted by Crippen LogP contribution is 2.54. The quantitative estimate of drug-likeness (QED) is 0.327. The molecular weight excluding hydrogens is 454 g/mol. The van der Waals surface area contributed by atoms with Crippen molar-refractivity contribution in [3.63, 3.8) is 0 Å². The number of aromatic hydroxyl groups is 1. The lowest BCUT2D eigenvalue weighted by atomic mass is 9.56. The Morgan fingerprint density at radius 3 is 2.83 bits per heavy atom. The number of phenols is 1. The largest absolute Gasteiger partial charge is 0.508 e. The Morgan fingerprint density at radius 2 is 2.14 bits per heavy atom. The fourth-order valence-corrected chi connectivity index (χ4v) is 7.06. The molecule has 0 aromatic heterocycles. The monoisotopic (exact) mass is 489 g/mol. The summed E-state index contributed by atoms with van der Waals surface area (Å²) in [6.45, 7) is 6.27. The fraction of sp³-hybridized carbons (Fsp3) is 0.400. The summed E-state index contributed by atoms with van der Waals surface area (Å²) in [4.78, 5) is 22.6. The molecule has 0 spiro atoms. The van der Waals surface area contributed by atoms with Crippen LogP contribution in [0, 0.1) is 11.8 Å². The third kappa shape index (κ3) is 5.56. The van der Waals surface area contributed by atoms with Crippen molar-refractivity contribution in [1.82, 2.24) is 0 Å². The van der Waals surface area contributed by atoms with E-state index >= 15 is 0 Å². The summed E-state index contributed by atoms with van der Waals surface area (Å²) in [7, 11) is 0. The van der Waals surface area contributed by atoms with E-state index in [2.05, 4.69) is 25.6 Å². The molecule has 0 heterocycles. The van der Waals surface area contributed by atoms with Gasteiger partial charge in [-0.05, 0) is 83.8 Å². The minimum atomic E-state index is -0.662. The van der Waals surface area contributed by atoms with Gasteiger partial charge in [-0.2, -0.15) is 0 Å². The van der Waals surface area contributed by atoms with E-state index in [4.69, 9.17) is 5.73 Å². The second kappa shape index (κ2) is 10.9. The van der Waals surface area contributed by atoms with E-state index in [9.17, 15) is 14.7 Å². The molecule has 3 N–H and O–H groups in total. The van der Waals surface area contributed by atoms with Crippen LogP contribution in [0.4, 0.5) is 0 Å². The minimum Gasteiger partial charge on any atom is -0.508 e. The van der Waals surface area contributed by atoms with E-state index in [1.54, 1.807) is 6.08 Å². The Labute approximate surface area is 212 Å². The highest BCUT2D eigenvalue weighted by atomic mass is 32.2. The van der Waals surface area contributed by atoms with Crippen molar-refractivity contribution in [2.75, 3.05) is 0 Å². The summed E-state index contributed by atoms with van der Waals surface area (Å²) in [5.74, 6) is 1.33. The number of benzene rings is 1. The number of fused-ring (bicyclic) bond motifs is 2. The Bertz CT molecular complexity index is 1120. The molecule has 3 aliphatic rings. The molecule has 3 aliphatic carbocycles. The van der Waals surface area contributed by atoms with Gasteiger partial charge in [0.25, 0.3) is 0 Å². The zero-order valence-electron chi connectivity index (χ0n) is 20.4. The van der Waals surface area contributed by atoms with E-state index in [0.717, 1.165) is 58.4 Å². The van der Waals surface area contributed by atoms with Crippen LogP contribution in [0.5, 0.6) is 5.75 Å². The van der Waals surface area contributed by atoms with Crippen molar-refractivity contribution < 1.29 is 14.7 Å². The van der Waals surface area contributed by atoms with Crippen molar-refractivity contribution in [2.45, 2.75) is 62.5 Å². The Morgan fingerprint density at radius 1 is 1.31 bits per heavy atom. The number of amides is 1.